The van der Waals surface area contributed by atoms with Crippen molar-refractivity contribution in [3.05, 3.63) is 70.8 Å². The molecule has 3 aromatic rings. The van der Waals surface area contributed by atoms with Crippen LogP contribution in [0, 0.1) is 19.7 Å². The number of carbonyl (C=O) groups is 1. The Hall–Kier alpha value is -2.32. The average Bonchev–Trinajstić information content (AvgIpc) is 3.04. The summed E-state index contributed by atoms with van der Waals surface area (Å²) in [6.07, 6.45) is 0. The SMILES string of the molecule is Cc1ccc(CSCc2nnc(SCC(=O)Nc3cc(F)ccc3C)n2C)cc1. The minimum Gasteiger partial charge on any atom is -0.325 e. The Kier molecular flexibility index (Phi) is 7.33. The van der Waals surface area contributed by atoms with E-state index in [4.69, 9.17) is 0 Å². The van der Waals surface area contributed by atoms with E-state index < -0.39 is 0 Å². The number of anilines is 1. The molecule has 3 rings (SSSR count). The van der Waals surface area contributed by atoms with Crippen LogP contribution in [0.15, 0.2) is 47.6 Å². The van der Waals surface area contributed by atoms with Gasteiger partial charge in [-0.3, -0.25) is 4.79 Å². The van der Waals surface area contributed by atoms with Gasteiger partial charge in [0.2, 0.25) is 5.91 Å². The molecular formula is C21H23FN4OS2. The van der Waals surface area contributed by atoms with Crippen molar-refractivity contribution < 1.29 is 9.18 Å². The quantitative estimate of drug-likeness (QED) is 0.523. The minimum absolute atomic E-state index is 0.179. The summed E-state index contributed by atoms with van der Waals surface area (Å²) >= 11 is 3.09. The molecule has 5 nitrogen and oxygen atoms in total. The van der Waals surface area contributed by atoms with Crippen molar-refractivity contribution in [3.8, 4) is 0 Å². The van der Waals surface area contributed by atoms with Crippen molar-refractivity contribution in [2.24, 2.45) is 7.05 Å². The van der Waals surface area contributed by atoms with E-state index in [2.05, 4.69) is 46.7 Å². The lowest BCUT2D eigenvalue weighted by Gasteiger charge is -2.08. The van der Waals surface area contributed by atoms with Crippen LogP contribution < -0.4 is 5.32 Å². The molecule has 0 saturated carbocycles. The molecule has 0 aliphatic carbocycles. The summed E-state index contributed by atoms with van der Waals surface area (Å²) in [6, 6.07) is 12.8. The molecule has 1 amide bonds. The highest BCUT2D eigenvalue weighted by Gasteiger charge is 2.12. The molecule has 0 aliphatic heterocycles. The maximum absolute atomic E-state index is 13.4. The molecule has 8 heteroatoms. The van der Waals surface area contributed by atoms with Crippen LogP contribution in [0.3, 0.4) is 0 Å². The molecule has 1 heterocycles. The lowest BCUT2D eigenvalue weighted by Crippen LogP contribution is -2.15. The molecule has 0 bridgehead atoms. The molecule has 2 aromatic carbocycles. The van der Waals surface area contributed by atoms with Crippen LogP contribution in [0.25, 0.3) is 0 Å². The summed E-state index contributed by atoms with van der Waals surface area (Å²) < 4.78 is 15.3. The molecule has 1 aromatic heterocycles. The third-order valence-electron chi connectivity index (χ3n) is 4.35. The predicted molar refractivity (Wildman–Crippen MR) is 118 cm³/mol. The molecule has 0 fully saturated rings. The molecular weight excluding hydrogens is 407 g/mol. The second kappa shape index (κ2) is 9.93. The number of hydrogen-bond acceptors (Lipinski definition) is 5. The van der Waals surface area contributed by atoms with Crippen molar-refractivity contribution in [2.75, 3.05) is 11.1 Å². The van der Waals surface area contributed by atoms with E-state index in [9.17, 15) is 9.18 Å². The minimum atomic E-state index is -0.375. The predicted octanol–water partition coefficient (Wildman–Crippen LogP) is 4.74. The Bertz CT molecular complexity index is 989. The number of thioether (sulfide) groups is 2. The van der Waals surface area contributed by atoms with E-state index >= 15 is 0 Å². The first-order valence-electron chi connectivity index (χ1n) is 9.12. The van der Waals surface area contributed by atoms with Crippen LogP contribution in [-0.2, 0) is 23.3 Å². The van der Waals surface area contributed by atoms with Crippen LogP contribution >= 0.6 is 23.5 Å². The first-order valence-corrected chi connectivity index (χ1v) is 11.3. The standard InChI is InChI=1S/C21H23FN4OS2/c1-14-4-7-16(8-5-14)11-28-12-19-24-25-21(26(19)3)29-13-20(27)23-18-10-17(22)9-6-15(18)2/h4-10H,11-13H2,1-3H3,(H,23,27). The van der Waals surface area contributed by atoms with Crippen LogP contribution in [0.4, 0.5) is 10.1 Å². The van der Waals surface area contributed by atoms with Gasteiger partial charge in [0.25, 0.3) is 0 Å². The molecule has 0 radical (unpaired) electrons. The Labute approximate surface area is 178 Å². The number of aromatic nitrogens is 3. The smallest absolute Gasteiger partial charge is 0.234 e. The molecule has 152 valence electrons. The fourth-order valence-electron chi connectivity index (χ4n) is 2.59. The largest absolute Gasteiger partial charge is 0.325 e. The summed E-state index contributed by atoms with van der Waals surface area (Å²) in [4.78, 5) is 12.2. The van der Waals surface area contributed by atoms with Gasteiger partial charge in [-0.05, 0) is 37.1 Å². The topological polar surface area (TPSA) is 59.8 Å². The second-order valence-electron chi connectivity index (χ2n) is 6.73. The van der Waals surface area contributed by atoms with E-state index in [0.29, 0.717) is 10.8 Å². The number of aryl methyl sites for hydroxylation is 2. The van der Waals surface area contributed by atoms with Crippen LogP contribution in [0.5, 0.6) is 0 Å². The highest BCUT2D eigenvalue weighted by Crippen LogP contribution is 2.22. The lowest BCUT2D eigenvalue weighted by molar-refractivity contribution is -0.113. The number of nitrogens with one attached hydrogen (secondary N) is 1. The van der Waals surface area contributed by atoms with Crippen molar-refractivity contribution in [1.82, 2.24) is 14.8 Å². The van der Waals surface area contributed by atoms with Gasteiger partial charge in [-0.1, -0.05) is 47.7 Å². The van der Waals surface area contributed by atoms with Gasteiger partial charge in [-0.25, -0.2) is 4.39 Å². The monoisotopic (exact) mass is 430 g/mol. The van der Waals surface area contributed by atoms with E-state index in [-0.39, 0.29) is 17.5 Å². The van der Waals surface area contributed by atoms with Gasteiger partial charge in [0, 0.05) is 18.5 Å². The zero-order valence-electron chi connectivity index (χ0n) is 16.6. The summed E-state index contributed by atoms with van der Waals surface area (Å²) in [5.74, 6) is 2.11. The number of halogens is 1. The van der Waals surface area contributed by atoms with Gasteiger partial charge in [0.15, 0.2) is 5.16 Å². The Morgan fingerprint density at radius 2 is 1.86 bits per heavy atom. The van der Waals surface area contributed by atoms with Gasteiger partial charge in [-0.15, -0.1) is 22.0 Å². The first kappa shape index (κ1) is 21.4. The summed E-state index contributed by atoms with van der Waals surface area (Å²) in [5.41, 5.74) is 3.84. The van der Waals surface area contributed by atoms with Crippen molar-refractivity contribution in [2.45, 2.75) is 30.5 Å². The third-order valence-corrected chi connectivity index (χ3v) is 6.37. The summed E-state index contributed by atoms with van der Waals surface area (Å²) in [6.45, 7) is 3.90. The number of hydrogen-bond donors (Lipinski definition) is 1. The van der Waals surface area contributed by atoms with E-state index in [0.717, 1.165) is 22.9 Å². The van der Waals surface area contributed by atoms with Crippen molar-refractivity contribution >= 4 is 35.1 Å². The van der Waals surface area contributed by atoms with Gasteiger partial charge in [0.1, 0.15) is 11.6 Å². The van der Waals surface area contributed by atoms with E-state index in [1.807, 2.05) is 18.5 Å². The summed E-state index contributed by atoms with van der Waals surface area (Å²) in [5, 5.41) is 11.8. The lowest BCUT2D eigenvalue weighted by atomic mass is 10.2. The normalized spacial score (nSPS) is 10.9. The number of carbonyl (C=O) groups excluding carboxylic acids is 1. The zero-order valence-corrected chi connectivity index (χ0v) is 18.2. The van der Waals surface area contributed by atoms with Crippen LogP contribution in [-0.4, -0.2) is 26.4 Å². The first-order chi connectivity index (χ1) is 13.9. The maximum atomic E-state index is 13.4. The molecule has 29 heavy (non-hydrogen) atoms. The fraction of sp³-hybridized carbons (Fsp3) is 0.286. The second-order valence-corrected chi connectivity index (χ2v) is 8.66. The summed E-state index contributed by atoms with van der Waals surface area (Å²) in [7, 11) is 1.90. The number of nitrogens with zero attached hydrogens (tertiary/aromatic N) is 3. The number of rotatable bonds is 8. The van der Waals surface area contributed by atoms with Gasteiger partial charge in [-0.2, -0.15) is 0 Å². The Balaban J connectivity index is 1.49. The highest BCUT2D eigenvalue weighted by molar-refractivity contribution is 7.99. The number of amides is 1. The number of benzene rings is 2. The molecule has 0 unspecified atom stereocenters. The molecule has 1 N–H and O–H groups in total. The van der Waals surface area contributed by atoms with Gasteiger partial charge < -0.3 is 9.88 Å². The van der Waals surface area contributed by atoms with Crippen molar-refractivity contribution in [3.63, 3.8) is 0 Å². The van der Waals surface area contributed by atoms with E-state index in [1.165, 1.54) is 35.0 Å². The fourth-order valence-corrected chi connectivity index (χ4v) is 4.28. The third kappa shape index (κ3) is 6.08. The van der Waals surface area contributed by atoms with Crippen molar-refractivity contribution in [1.29, 1.82) is 0 Å². The van der Waals surface area contributed by atoms with Crippen LogP contribution in [0.2, 0.25) is 0 Å². The van der Waals surface area contributed by atoms with E-state index in [1.54, 1.807) is 17.8 Å². The molecule has 0 atom stereocenters. The van der Waals surface area contributed by atoms with Crippen LogP contribution in [0.1, 0.15) is 22.5 Å². The van der Waals surface area contributed by atoms with Gasteiger partial charge in [0.05, 0.1) is 11.5 Å². The molecule has 0 spiro atoms. The Morgan fingerprint density at radius 3 is 2.62 bits per heavy atom. The highest BCUT2D eigenvalue weighted by atomic mass is 32.2. The van der Waals surface area contributed by atoms with Gasteiger partial charge >= 0.3 is 0 Å². The Morgan fingerprint density at radius 1 is 1.10 bits per heavy atom. The maximum Gasteiger partial charge on any atom is 0.234 e. The average molecular weight is 431 g/mol. The zero-order chi connectivity index (χ0) is 20.8. The molecule has 0 saturated heterocycles. The molecule has 0 aliphatic rings.